The number of ketones is 1. The zero-order valence-corrected chi connectivity index (χ0v) is 11.6. The van der Waals surface area contributed by atoms with E-state index < -0.39 is 0 Å². The van der Waals surface area contributed by atoms with Crippen molar-refractivity contribution >= 4 is 28.7 Å². The van der Waals surface area contributed by atoms with Crippen LogP contribution in [0.4, 0.5) is 5.69 Å². The summed E-state index contributed by atoms with van der Waals surface area (Å²) >= 11 is 1.52. The molecule has 0 fully saturated rings. The van der Waals surface area contributed by atoms with Crippen LogP contribution in [0.25, 0.3) is 0 Å². The Morgan fingerprint density at radius 3 is 2.79 bits per heavy atom. The number of rotatable bonds is 4. The van der Waals surface area contributed by atoms with Crippen LogP contribution in [0, 0.1) is 6.92 Å². The van der Waals surface area contributed by atoms with Gasteiger partial charge in [0.15, 0.2) is 5.78 Å². The van der Waals surface area contributed by atoms with Crippen LogP contribution in [-0.4, -0.2) is 16.7 Å². The van der Waals surface area contributed by atoms with Crippen LogP contribution in [-0.2, 0) is 11.2 Å². The lowest BCUT2D eigenvalue weighted by Gasteiger charge is -2.05. The van der Waals surface area contributed by atoms with Gasteiger partial charge in [-0.2, -0.15) is 0 Å². The second kappa shape index (κ2) is 5.75. The van der Waals surface area contributed by atoms with E-state index in [0.717, 1.165) is 10.7 Å². The number of Topliss-reactive ketones (excluding diaryl/α,β-unsaturated/α-hetero) is 1. The molecule has 4 nitrogen and oxygen atoms in total. The molecule has 0 saturated carbocycles. The number of thiazole rings is 1. The maximum Gasteiger partial charge on any atom is 0.230 e. The molecule has 19 heavy (non-hydrogen) atoms. The number of hydrogen-bond donors (Lipinski definition) is 1. The molecule has 0 aliphatic carbocycles. The van der Waals surface area contributed by atoms with Gasteiger partial charge >= 0.3 is 0 Å². The van der Waals surface area contributed by atoms with Gasteiger partial charge in [0.25, 0.3) is 0 Å². The van der Waals surface area contributed by atoms with E-state index >= 15 is 0 Å². The Kier molecular flexibility index (Phi) is 4.06. The van der Waals surface area contributed by atoms with Crippen molar-refractivity contribution in [2.75, 3.05) is 5.32 Å². The number of nitrogens with one attached hydrogen (secondary N) is 1. The average Bonchev–Trinajstić information content (AvgIpc) is 2.74. The normalized spacial score (nSPS) is 10.2. The first-order chi connectivity index (χ1) is 9.04. The summed E-state index contributed by atoms with van der Waals surface area (Å²) < 4.78 is 0. The largest absolute Gasteiger partial charge is 0.326 e. The van der Waals surface area contributed by atoms with Crippen molar-refractivity contribution < 1.29 is 9.59 Å². The molecule has 2 rings (SSSR count). The van der Waals surface area contributed by atoms with E-state index in [2.05, 4.69) is 10.3 Å². The molecule has 1 aromatic heterocycles. The second-order valence-electron chi connectivity index (χ2n) is 4.22. The van der Waals surface area contributed by atoms with Crippen molar-refractivity contribution in [3.63, 3.8) is 0 Å². The molecule has 0 radical (unpaired) electrons. The highest BCUT2D eigenvalue weighted by molar-refractivity contribution is 7.09. The number of carbonyl (C=O) groups excluding carboxylic acids is 2. The highest BCUT2D eigenvalue weighted by atomic mass is 32.1. The zero-order chi connectivity index (χ0) is 13.8. The van der Waals surface area contributed by atoms with Crippen LogP contribution in [0.15, 0.2) is 29.6 Å². The number of amides is 1. The Hall–Kier alpha value is -2.01. The lowest BCUT2D eigenvalue weighted by atomic mass is 10.1. The standard InChI is InChI=1S/C14H14N2O2S/c1-9(17)11-4-3-5-12(6-11)16-14(18)7-13-8-19-10(2)15-13/h3-6,8H,7H2,1-2H3,(H,16,18). The first-order valence-corrected chi connectivity index (χ1v) is 6.74. The Labute approximate surface area is 115 Å². The smallest absolute Gasteiger partial charge is 0.230 e. The van der Waals surface area contributed by atoms with Crippen LogP contribution >= 0.6 is 11.3 Å². The predicted molar refractivity (Wildman–Crippen MR) is 75.6 cm³/mol. The molecule has 0 aliphatic rings. The zero-order valence-electron chi connectivity index (χ0n) is 10.8. The number of nitrogens with zero attached hydrogens (tertiary/aromatic N) is 1. The third-order valence-electron chi connectivity index (χ3n) is 2.56. The van der Waals surface area contributed by atoms with Crippen LogP contribution in [0.1, 0.15) is 28.0 Å². The maximum atomic E-state index is 11.8. The molecule has 1 heterocycles. The molecule has 0 atom stereocenters. The molecule has 98 valence electrons. The summed E-state index contributed by atoms with van der Waals surface area (Å²) in [6.45, 7) is 3.40. The highest BCUT2D eigenvalue weighted by Gasteiger charge is 2.08. The summed E-state index contributed by atoms with van der Waals surface area (Å²) in [6, 6.07) is 6.91. The lowest BCUT2D eigenvalue weighted by Crippen LogP contribution is -2.14. The summed E-state index contributed by atoms with van der Waals surface area (Å²) in [6.07, 6.45) is 0.245. The Balaban J connectivity index is 2.02. The lowest BCUT2D eigenvalue weighted by molar-refractivity contribution is -0.115. The molecule has 5 heteroatoms. The maximum absolute atomic E-state index is 11.8. The van der Waals surface area contributed by atoms with Gasteiger partial charge in [-0.05, 0) is 26.0 Å². The van der Waals surface area contributed by atoms with Crippen LogP contribution in [0.5, 0.6) is 0 Å². The van der Waals surface area contributed by atoms with E-state index in [1.54, 1.807) is 24.3 Å². The molecule has 0 bridgehead atoms. The molecule has 0 spiro atoms. The monoisotopic (exact) mass is 274 g/mol. The molecule has 0 aliphatic heterocycles. The summed E-state index contributed by atoms with van der Waals surface area (Å²) in [5.41, 5.74) is 1.98. The summed E-state index contributed by atoms with van der Waals surface area (Å²) in [7, 11) is 0. The topological polar surface area (TPSA) is 59.1 Å². The molecule has 0 unspecified atom stereocenters. The van der Waals surface area contributed by atoms with Gasteiger partial charge in [-0.3, -0.25) is 9.59 Å². The molecule has 0 saturated heterocycles. The minimum atomic E-state index is -0.133. The number of carbonyl (C=O) groups is 2. The fraction of sp³-hybridized carbons (Fsp3) is 0.214. The van der Waals surface area contributed by atoms with Gasteiger partial charge in [-0.15, -0.1) is 11.3 Å². The Bertz CT molecular complexity index is 619. The van der Waals surface area contributed by atoms with E-state index in [-0.39, 0.29) is 18.1 Å². The van der Waals surface area contributed by atoms with Crippen molar-refractivity contribution in [3.8, 4) is 0 Å². The van der Waals surface area contributed by atoms with Crippen molar-refractivity contribution in [1.82, 2.24) is 4.98 Å². The van der Waals surface area contributed by atoms with Gasteiger partial charge in [0, 0.05) is 16.6 Å². The molecular weight excluding hydrogens is 260 g/mol. The predicted octanol–water partition coefficient (Wildman–Crippen LogP) is 2.84. The van der Waals surface area contributed by atoms with E-state index in [1.165, 1.54) is 18.3 Å². The third kappa shape index (κ3) is 3.72. The molecule has 2 aromatic rings. The molecule has 1 amide bonds. The van der Waals surface area contributed by atoms with Crippen LogP contribution < -0.4 is 5.32 Å². The Morgan fingerprint density at radius 2 is 2.16 bits per heavy atom. The fourth-order valence-electron chi connectivity index (χ4n) is 1.68. The number of aromatic nitrogens is 1. The number of anilines is 1. The van der Waals surface area contributed by atoms with Gasteiger partial charge < -0.3 is 5.32 Å². The van der Waals surface area contributed by atoms with Gasteiger partial charge in [-0.25, -0.2) is 4.98 Å². The first kappa shape index (κ1) is 13.4. The minimum absolute atomic E-state index is 0.0220. The molecule has 1 aromatic carbocycles. The number of aryl methyl sites for hydroxylation is 1. The number of benzene rings is 1. The highest BCUT2D eigenvalue weighted by Crippen LogP contribution is 2.13. The first-order valence-electron chi connectivity index (χ1n) is 5.86. The average molecular weight is 274 g/mol. The quantitative estimate of drug-likeness (QED) is 0.872. The molecular formula is C14H14N2O2S. The van der Waals surface area contributed by atoms with E-state index in [9.17, 15) is 9.59 Å². The Morgan fingerprint density at radius 1 is 1.37 bits per heavy atom. The SMILES string of the molecule is CC(=O)c1cccc(NC(=O)Cc2csc(C)n2)c1. The van der Waals surface area contributed by atoms with Gasteiger partial charge in [0.1, 0.15) is 0 Å². The summed E-state index contributed by atoms with van der Waals surface area (Å²) in [5, 5.41) is 5.59. The van der Waals surface area contributed by atoms with Crippen molar-refractivity contribution in [3.05, 3.63) is 45.9 Å². The van der Waals surface area contributed by atoms with Crippen molar-refractivity contribution in [2.45, 2.75) is 20.3 Å². The van der Waals surface area contributed by atoms with Crippen LogP contribution in [0.3, 0.4) is 0 Å². The fourth-order valence-corrected chi connectivity index (χ4v) is 2.29. The third-order valence-corrected chi connectivity index (χ3v) is 3.38. The van der Waals surface area contributed by atoms with E-state index in [4.69, 9.17) is 0 Å². The second-order valence-corrected chi connectivity index (χ2v) is 5.28. The summed E-state index contributed by atoms with van der Waals surface area (Å²) in [4.78, 5) is 27.3. The minimum Gasteiger partial charge on any atom is -0.326 e. The van der Waals surface area contributed by atoms with Crippen molar-refractivity contribution in [1.29, 1.82) is 0 Å². The van der Waals surface area contributed by atoms with Crippen molar-refractivity contribution in [2.24, 2.45) is 0 Å². The van der Waals surface area contributed by atoms with E-state index in [0.29, 0.717) is 11.3 Å². The van der Waals surface area contributed by atoms with Gasteiger partial charge in [0.05, 0.1) is 17.1 Å². The van der Waals surface area contributed by atoms with Gasteiger partial charge in [0.2, 0.25) is 5.91 Å². The van der Waals surface area contributed by atoms with Gasteiger partial charge in [-0.1, -0.05) is 12.1 Å². The van der Waals surface area contributed by atoms with E-state index in [1.807, 2.05) is 12.3 Å². The van der Waals surface area contributed by atoms with Crippen LogP contribution in [0.2, 0.25) is 0 Å². The summed E-state index contributed by atoms with van der Waals surface area (Å²) in [5.74, 6) is -0.155. The molecule has 1 N–H and O–H groups in total. The number of hydrogen-bond acceptors (Lipinski definition) is 4.